The number of rotatable bonds is 2. The van der Waals surface area contributed by atoms with Gasteiger partial charge in [-0.1, -0.05) is 0 Å². The molecule has 0 aromatic carbocycles. The summed E-state index contributed by atoms with van der Waals surface area (Å²) < 4.78 is 4.51. The molecule has 0 aliphatic carbocycles. The Hall–Kier alpha value is -2.61. The van der Waals surface area contributed by atoms with E-state index in [4.69, 9.17) is 5.26 Å². The van der Waals surface area contributed by atoms with Gasteiger partial charge in [0.1, 0.15) is 17.3 Å². The van der Waals surface area contributed by atoms with Crippen molar-refractivity contribution in [2.75, 3.05) is 7.11 Å². The van der Waals surface area contributed by atoms with Crippen LogP contribution in [0.1, 0.15) is 5.56 Å². The zero-order chi connectivity index (χ0) is 12.3. The largest absolute Gasteiger partial charge is 0.465 e. The molecule has 2 aromatic heterocycles. The van der Waals surface area contributed by atoms with Crippen molar-refractivity contribution in [3.8, 4) is 6.07 Å². The summed E-state index contributed by atoms with van der Waals surface area (Å²) in [7, 11) is 1.24. The fourth-order valence-corrected chi connectivity index (χ4v) is 1.50. The van der Waals surface area contributed by atoms with Crippen LogP contribution in [-0.2, 0) is 9.53 Å². The second kappa shape index (κ2) is 4.49. The number of fused-ring (bicyclic) bond motifs is 1. The molecule has 2 aromatic rings. The van der Waals surface area contributed by atoms with Gasteiger partial charge in [-0.2, -0.15) is 5.26 Å². The number of carbonyl (C=O) groups excluding carboxylic acids is 1. The zero-order valence-electron chi connectivity index (χ0n) is 9.10. The van der Waals surface area contributed by atoms with Gasteiger partial charge in [-0.25, -0.2) is 9.78 Å². The molecule has 0 amide bonds. The normalized spacial score (nSPS) is 11.2. The summed E-state index contributed by atoms with van der Waals surface area (Å²) in [4.78, 5) is 18.3. The van der Waals surface area contributed by atoms with Crippen LogP contribution < -0.4 is 0 Å². The standard InChI is InChI=1S/C12H9N3O2/c1-17-12(16)8(6-13)5-9-7-15-11-10(9)3-2-4-14-11/h2-5,7H,1H3,(H,14,15). The highest BCUT2D eigenvalue weighted by molar-refractivity contribution is 6.00. The van der Waals surface area contributed by atoms with Crippen molar-refractivity contribution in [2.45, 2.75) is 0 Å². The van der Waals surface area contributed by atoms with E-state index in [9.17, 15) is 4.79 Å². The summed E-state index contributed by atoms with van der Waals surface area (Å²) in [6, 6.07) is 5.46. The average Bonchev–Trinajstić information content (AvgIpc) is 2.78. The predicted molar refractivity (Wildman–Crippen MR) is 61.7 cm³/mol. The van der Waals surface area contributed by atoms with Crippen LogP contribution in [0.2, 0.25) is 0 Å². The van der Waals surface area contributed by atoms with Gasteiger partial charge < -0.3 is 9.72 Å². The molecule has 0 spiro atoms. The first-order valence-corrected chi connectivity index (χ1v) is 4.88. The third-order valence-corrected chi connectivity index (χ3v) is 2.31. The maximum Gasteiger partial charge on any atom is 0.348 e. The minimum absolute atomic E-state index is 0.0442. The average molecular weight is 227 g/mol. The number of aromatic nitrogens is 2. The van der Waals surface area contributed by atoms with Crippen molar-refractivity contribution < 1.29 is 9.53 Å². The highest BCUT2D eigenvalue weighted by Gasteiger charge is 2.10. The molecular weight excluding hydrogens is 218 g/mol. The molecule has 1 N–H and O–H groups in total. The van der Waals surface area contributed by atoms with E-state index < -0.39 is 5.97 Å². The Morgan fingerprint density at radius 1 is 1.65 bits per heavy atom. The van der Waals surface area contributed by atoms with Gasteiger partial charge in [0, 0.05) is 23.3 Å². The first-order valence-electron chi connectivity index (χ1n) is 4.88. The molecule has 0 aliphatic heterocycles. The van der Waals surface area contributed by atoms with Crippen molar-refractivity contribution >= 4 is 23.1 Å². The van der Waals surface area contributed by atoms with Crippen LogP contribution in [0, 0.1) is 11.3 Å². The first kappa shape index (κ1) is 10.9. The van der Waals surface area contributed by atoms with Crippen molar-refractivity contribution in [1.82, 2.24) is 9.97 Å². The van der Waals surface area contributed by atoms with Gasteiger partial charge in [0.2, 0.25) is 0 Å². The van der Waals surface area contributed by atoms with E-state index in [1.54, 1.807) is 18.5 Å². The van der Waals surface area contributed by atoms with Gasteiger partial charge in [-0.05, 0) is 18.2 Å². The number of nitriles is 1. The third-order valence-electron chi connectivity index (χ3n) is 2.31. The summed E-state index contributed by atoms with van der Waals surface area (Å²) in [5.74, 6) is -0.647. The van der Waals surface area contributed by atoms with Gasteiger partial charge >= 0.3 is 5.97 Å². The molecule has 0 saturated carbocycles. The summed E-state index contributed by atoms with van der Waals surface area (Å²) in [6.07, 6.45) is 4.84. The highest BCUT2D eigenvalue weighted by atomic mass is 16.5. The maximum absolute atomic E-state index is 11.3. The summed E-state index contributed by atoms with van der Waals surface area (Å²) in [5, 5.41) is 9.70. The van der Waals surface area contributed by atoms with Crippen LogP contribution in [0.3, 0.4) is 0 Å². The molecular formula is C12H9N3O2. The molecule has 0 unspecified atom stereocenters. The molecule has 5 heteroatoms. The van der Waals surface area contributed by atoms with Crippen LogP contribution in [0.25, 0.3) is 17.1 Å². The molecule has 17 heavy (non-hydrogen) atoms. The minimum Gasteiger partial charge on any atom is -0.465 e. The lowest BCUT2D eigenvalue weighted by Crippen LogP contribution is -2.02. The maximum atomic E-state index is 11.3. The zero-order valence-corrected chi connectivity index (χ0v) is 9.10. The van der Waals surface area contributed by atoms with E-state index in [-0.39, 0.29) is 5.57 Å². The third kappa shape index (κ3) is 2.01. The second-order valence-electron chi connectivity index (χ2n) is 3.30. The number of carbonyl (C=O) groups is 1. The second-order valence-corrected chi connectivity index (χ2v) is 3.30. The van der Waals surface area contributed by atoms with Crippen molar-refractivity contribution in [3.05, 3.63) is 35.7 Å². The number of esters is 1. The van der Waals surface area contributed by atoms with E-state index >= 15 is 0 Å². The molecule has 0 fully saturated rings. The number of nitrogens with one attached hydrogen (secondary N) is 1. The quantitative estimate of drug-likeness (QED) is 0.480. The number of H-pyrrole nitrogens is 1. The number of ether oxygens (including phenoxy) is 1. The Bertz CT molecular complexity index is 634. The van der Waals surface area contributed by atoms with E-state index in [0.29, 0.717) is 5.65 Å². The lowest BCUT2D eigenvalue weighted by Gasteiger charge is -1.95. The molecule has 0 bridgehead atoms. The smallest absolute Gasteiger partial charge is 0.348 e. The van der Waals surface area contributed by atoms with Gasteiger partial charge in [-0.15, -0.1) is 0 Å². The van der Waals surface area contributed by atoms with Crippen LogP contribution >= 0.6 is 0 Å². The van der Waals surface area contributed by atoms with Crippen LogP contribution in [0.4, 0.5) is 0 Å². The molecule has 2 heterocycles. The van der Waals surface area contributed by atoms with Crippen molar-refractivity contribution in [1.29, 1.82) is 5.26 Å². The first-order chi connectivity index (χ1) is 8.26. The van der Waals surface area contributed by atoms with Gasteiger partial charge in [0.15, 0.2) is 0 Å². The molecule has 0 aliphatic rings. The number of hydrogen-bond donors (Lipinski definition) is 1. The fourth-order valence-electron chi connectivity index (χ4n) is 1.50. The Morgan fingerprint density at radius 2 is 2.47 bits per heavy atom. The fraction of sp³-hybridized carbons (Fsp3) is 0.0833. The number of methoxy groups -OCH3 is 1. The molecule has 84 valence electrons. The summed E-state index contributed by atoms with van der Waals surface area (Å²) >= 11 is 0. The highest BCUT2D eigenvalue weighted by Crippen LogP contribution is 2.18. The number of nitrogens with zero attached hydrogens (tertiary/aromatic N) is 2. The summed E-state index contributed by atoms with van der Waals surface area (Å²) in [5.41, 5.74) is 1.40. The topological polar surface area (TPSA) is 78.8 Å². The molecule has 2 rings (SSSR count). The van der Waals surface area contributed by atoms with Gasteiger partial charge in [0.25, 0.3) is 0 Å². The van der Waals surface area contributed by atoms with E-state index in [1.165, 1.54) is 13.2 Å². The lowest BCUT2D eigenvalue weighted by molar-refractivity contribution is -0.135. The van der Waals surface area contributed by atoms with Crippen molar-refractivity contribution in [2.24, 2.45) is 0 Å². The van der Waals surface area contributed by atoms with Gasteiger partial charge in [0.05, 0.1) is 7.11 Å². The number of hydrogen-bond acceptors (Lipinski definition) is 4. The Labute approximate surface area is 97.3 Å². The Kier molecular flexibility index (Phi) is 2.88. The van der Waals surface area contributed by atoms with E-state index in [0.717, 1.165) is 10.9 Å². The Balaban J connectivity index is 2.51. The predicted octanol–water partition coefficient (Wildman–Crippen LogP) is 1.64. The van der Waals surface area contributed by atoms with E-state index in [2.05, 4.69) is 14.7 Å². The van der Waals surface area contributed by atoms with E-state index in [1.807, 2.05) is 12.1 Å². The SMILES string of the molecule is COC(=O)C(C#N)=Cc1c[nH]c2ncccc12. The molecule has 0 saturated heterocycles. The minimum atomic E-state index is -0.647. The van der Waals surface area contributed by atoms with Gasteiger partial charge in [-0.3, -0.25) is 0 Å². The number of aromatic amines is 1. The van der Waals surface area contributed by atoms with Crippen molar-refractivity contribution in [3.63, 3.8) is 0 Å². The molecule has 0 radical (unpaired) electrons. The molecule has 0 atom stereocenters. The summed E-state index contributed by atoms with van der Waals surface area (Å²) in [6.45, 7) is 0. The molecule has 5 nitrogen and oxygen atoms in total. The lowest BCUT2D eigenvalue weighted by atomic mass is 10.1. The Morgan fingerprint density at radius 3 is 3.18 bits per heavy atom. The monoisotopic (exact) mass is 227 g/mol. The number of pyridine rings is 1. The van der Waals surface area contributed by atoms with Crippen LogP contribution in [-0.4, -0.2) is 23.0 Å². The van der Waals surface area contributed by atoms with Crippen LogP contribution in [0.5, 0.6) is 0 Å². The van der Waals surface area contributed by atoms with Crippen LogP contribution in [0.15, 0.2) is 30.1 Å².